The fourth-order valence-electron chi connectivity index (χ4n) is 12.2. The molecule has 0 radical (unpaired) electrons. The molecule has 5 heterocycles. The van der Waals surface area contributed by atoms with Crippen molar-refractivity contribution in [2.75, 3.05) is 9.80 Å². The zero-order chi connectivity index (χ0) is 42.4. The maximum absolute atomic E-state index is 2.64. The molecule has 5 aliphatic rings. The molecule has 0 aliphatic carbocycles. The van der Waals surface area contributed by atoms with E-state index in [1.807, 2.05) is 23.5 Å². The third-order valence-electron chi connectivity index (χ3n) is 14.5. The Morgan fingerprint density at radius 1 is 0.344 bits per heavy atom. The second-order valence-electron chi connectivity index (χ2n) is 18.1. The van der Waals surface area contributed by atoms with Crippen LogP contribution in [0.1, 0.15) is 16.7 Å². The van der Waals surface area contributed by atoms with E-state index in [1.54, 1.807) is 0 Å². The van der Waals surface area contributed by atoms with Crippen molar-refractivity contribution >= 4 is 127 Å². The Hall–Kier alpha value is -6.53. The number of hydrogen-bond acceptors (Lipinski definition) is 4. The van der Waals surface area contributed by atoms with Gasteiger partial charge in [0, 0.05) is 53.6 Å². The zero-order valence-electron chi connectivity index (χ0n) is 35.8. The molecule has 0 bridgehead atoms. The summed E-state index contributed by atoms with van der Waals surface area (Å²) in [5.41, 5.74) is 26.7. The smallest absolute Gasteiger partial charge is 0.252 e. The largest absolute Gasteiger partial charge is 0.312 e. The minimum atomic E-state index is 0.0699. The summed E-state index contributed by atoms with van der Waals surface area (Å²) in [5, 5.41) is 0. The van der Waals surface area contributed by atoms with E-state index in [2.05, 4.69) is 213 Å². The van der Waals surface area contributed by atoms with E-state index in [1.165, 1.54) is 131 Å². The van der Waals surface area contributed by atoms with Crippen LogP contribution in [0.2, 0.25) is 0 Å². The quantitative estimate of drug-likeness (QED) is 0.164. The van der Waals surface area contributed by atoms with Crippen LogP contribution in [0, 0.1) is 20.8 Å². The normalized spacial score (nSPS) is 14.2. The van der Waals surface area contributed by atoms with Crippen LogP contribution in [-0.2, 0) is 0 Å². The van der Waals surface area contributed by atoms with Gasteiger partial charge in [-0.2, -0.15) is 0 Å². The minimum Gasteiger partial charge on any atom is -0.312 e. The lowest BCUT2D eigenvalue weighted by Gasteiger charge is -2.49. The van der Waals surface area contributed by atoms with E-state index in [4.69, 9.17) is 0 Å². The van der Waals surface area contributed by atoms with Gasteiger partial charge in [-0.1, -0.05) is 202 Å². The summed E-state index contributed by atoms with van der Waals surface area (Å²) in [6.45, 7) is 7.15. The van der Waals surface area contributed by atoms with E-state index in [9.17, 15) is 0 Å². The monoisotopic (exact) mass is 848 g/mol. The van der Waals surface area contributed by atoms with Gasteiger partial charge in [0.2, 0.25) is 13.4 Å². The van der Waals surface area contributed by atoms with Gasteiger partial charge in [0.15, 0.2) is 0 Å². The van der Waals surface area contributed by atoms with Crippen LogP contribution in [0.25, 0.3) is 11.1 Å². The number of hydrogen-bond donors (Lipinski definition) is 0. The Kier molecular flexibility index (Phi) is 7.92. The van der Waals surface area contributed by atoms with Crippen LogP contribution in [0.5, 0.6) is 0 Å². The third-order valence-corrected chi connectivity index (χ3v) is 16.8. The van der Waals surface area contributed by atoms with Gasteiger partial charge in [0.05, 0.1) is 5.69 Å². The van der Waals surface area contributed by atoms with Gasteiger partial charge < -0.3 is 9.80 Å². The topological polar surface area (TPSA) is 6.48 Å². The first-order chi connectivity index (χ1) is 31.5. The highest BCUT2D eigenvalue weighted by Crippen LogP contribution is 2.50. The second-order valence-corrected chi connectivity index (χ2v) is 20.2. The number of fused-ring (bicyclic) bond motifs is 12. The first kappa shape index (κ1) is 36.9. The molecule has 7 heteroatoms. The summed E-state index contributed by atoms with van der Waals surface area (Å²) >= 11 is 3.92. The van der Waals surface area contributed by atoms with Crippen molar-refractivity contribution in [1.29, 1.82) is 0 Å². The number of anilines is 6. The van der Waals surface area contributed by atoms with Crippen molar-refractivity contribution in [2.24, 2.45) is 0 Å². The van der Waals surface area contributed by atoms with Crippen LogP contribution < -0.4 is 59.0 Å². The Labute approximate surface area is 384 Å². The minimum absolute atomic E-state index is 0.0699. The Balaban J connectivity index is 1.07. The SMILES string of the molecule is Cc1cc(C)c(B2c3ccccc3Sc3cc4c(cc32)B2c3ccccc3N3c5ccccc5B5c6ccccc6N(c6ccccc6-c6ccccc6)c6cc(c2c3c65)S4)c(C)c1. The lowest BCUT2D eigenvalue weighted by Crippen LogP contribution is -2.68. The van der Waals surface area contributed by atoms with E-state index in [-0.39, 0.29) is 20.1 Å². The molecule has 0 aromatic heterocycles. The molecule has 0 fully saturated rings. The van der Waals surface area contributed by atoms with Crippen LogP contribution in [0.15, 0.2) is 202 Å². The number of benzene rings is 9. The van der Waals surface area contributed by atoms with Crippen LogP contribution >= 0.6 is 23.5 Å². The van der Waals surface area contributed by atoms with E-state index < -0.39 is 0 Å². The van der Waals surface area contributed by atoms with E-state index in [0.717, 1.165) is 0 Å². The molecule has 0 saturated carbocycles. The average molecular weight is 849 g/mol. The summed E-state index contributed by atoms with van der Waals surface area (Å²) in [7, 11) is 0. The fourth-order valence-corrected chi connectivity index (χ4v) is 14.6. The molecule has 0 atom stereocenters. The predicted molar refractivity (Wildman–Crippen MR) is 277 cm³/mol. The molecular formula is C57H39B3N2S2. The summed E-state index contributed by atoms with van der Waals surface area (Å²) in [6.07, 6.45) is 0. The van der Waals surface area contributed by atoms with Crippen LogP contribution in [0.3, 0.4) is 0 Å². The Morgan fingerprint density at radius 2 is 0.844 bits per heavy atom. The summed E-state index contributed by atoms with van der Waals surface area (Å²) in [5.74, 6) is 0. The molecule has 9 aromatic rings. The van der Waals surface area contributed by atoms with Gasteiger partial charge in [0.25, 0.3) is 6.71 Å². The molecule has 0 amide bonds. The van der Waals surface area contributed by atoms with Gasteiger partial charge in [0.1, 0.15) is 0 Å². The van der Waals surface area contributed by atoms with Gasteiger partial charge in [-0.25, -0.2) is 0 Å². The van der Waals surface area contributed by atoms with E-state index >= 15 is 0 Å². The molecule has 9 aromatic carbocycles. The van der Waals surface area contributed by atoms with Crippen molar-refractivity contribution in [3.63, 3.8) is 0 Å². The molecule has 14 rings (SSSR count). The molecule has 0 N–H and O–H groups in total. The Bertz CT molecular complexity index is 3470. The van der Waals surface area contributed by atoms with Crippen LogP contribution in [0.4, 0.5) is 34.1 Å². The van der Waals surface area contributed by atoms with Crippen molar-refractivity contribution < 1.29 is 0 Å². The number of nitrogens with zero attached hydrogens (tertiary/aromatic N) is 2. The second kappa shape index (κ2) is 13.7. The highest BCUT2D eigenvalue weighted by Gasteiger charge is 2.51. The maximum Gasteiger partial charge on any atom is 0.252 e. The lowest BCUT2D eigenvalue weighted by atomic mass is 9.29. The van der Waals surface area contributed by atoms with Crippen molar-refractivity contribution in [2.45, 2.75) is 40.4 Å². The lowest BCUT2D eigenvalue weighted by molar-refractivity contribution is 1.23. The molecule has 298 valence electrons. The molecule has 0 unspecified atom stereocenters. The van der Waals surface area contributed by atoms with Gasteiger partial charge >= 0.3 is 0 Å². The first-order valence-corrected chi connectivity index (χ1v) is 24.1. The molecule has 64 heavy (non-hydrogen) atoms. The molecule has 0 saturated heterocycles. The van der Waals surface area contributed by atoms with Crippen molar-refractivity contribution in [1.82, 2.24) is 0 Å². The van der Waals surface area contributed by atoms with Crippen molar-refractivity contribution in [3.8, 4) is 11.1 Å². The maximum atomic E-state index is 2.64. The highest BCUT2D eigenvalue weighted by atomic mass is 32.2. The van der Waals surface area contributed by atoms with Crippen LogP contribution in [-0.4, -0.2) is 20.1 Å². The summed E-state index contributed by atoms with van der Waals surface area (Å²) in [4.78, 5) is 10.7. The number of aryl methyl sites for hydroxylation is 3. The first-order valence-electron chi connectivity index (χ1n) is 22.4. The van der Waals surface area contributed by atoms with Gasteiger partial charge in [-0.05, 0) is 96.1 Å². The van der Waals surface area contributed by atoms with E-state index in [0.29, 0.717) is 0 Å². The number of rotatable bonds is 3. The zero-order valence-corrected chi connectivity index (χ0v) is 37.4. The molecule has 5 aliphatic heterocycles. The fraction of sp³-hybridized carbons (Fsp3) is 0.0526. The van der Waals surface area contributed by atoms with Crippen molar-refractivity contribution in [3.05, 3.63) is 199 Å². The Morgan fingerprint density at radius 3 is 1.50 bits per heavy atom. The third kappa shape index (κ3) is 5.05. The molecule has 0 spiro atoms. The number of para-hydroxylation sites is 4. The standard InChI is InChI=1S/C57H39B3N2S2/c1-34-29-35(2)54(36(3)30-34)60-42-23-11-16-28-50(42)63-51-33-52-43(31-44(51)60)59-41-22-10-15-27-48(41)62-47-26-14-9-21-40(47)58-39-20-8-13-25-46(39)61(49-32-53(64-52)56(59)57(62)55(49)58)45-24-12-7-19-38(45)37-17-5-4-6-18-37/h4-33H,1-3H3. The summed E-state index contributed by atoms with van der Waals surface area (Å²) < 4.78 is 0. The highest BCUT2D eigenvalue weighted by molar-refractivity contribution is 8.01. The van der Waals surface area contributed by atoms with Gasteiger partial charge in [-0.15, -0.1) is 0 Å². The van der Waals surface area contributed by atoms with Gasteiger partial charge in [-0.3, -0.25) is 0 Å². The molecule has 2 nitrogen and oxygen atoms in total. The summed E-state index contributed by atoms with van der Waals surface area (Å²) in [6, 6.07) is 69.2. The molecular weight excluding hydrogens is 809 g/mol. The predicted octanol–water partition coefficient (Wildman–Crippen LogP) is 8.64. The average Bonchev–Trinajstić information content (AvgIpc) is 3.32.